The number of H-pyrrole nitrogens is 1. The molecule has 0 spiro atoms. The van der Waals surface area contributed by atoms with Crippen LogP contribution in [0, 0.1) is 0 Å². The van der Waals surface area contributed by atoms with Crippen molar-refractivity contribution in [1.82, 2.24) is 9.88 Å². The molecule has 0 unspecified atom stereocenters. The maximum absolute atomic E-state index is 13.2. The molecule has 2 atom stereocenters. The first-order chi connectivity index (χ1) is 20.2. The molecule has 10 nitrogen and oxygen atoms in total. The van der Waals surface area contributed by atoms with Crippen LogP contribution in [0.5, 0.6) is 5.75 Å². The normalized spacial score (nSPS) is 14.4. The summed E-state index contributed by atoms with van der Waals surface area (Å²) in [6.45, 7) is 18.9. The van der Waals surface area contributed by atoms with Crippen LogP contribution in [0.3, 0.4) is 0 Å². The number of aldehydes is 1. The molecule has 1 amide bonds. The van der Waals surface area contributed by atoms with Crippen molar-refractivity contribution in [2.75, 3.05) is 0 Å². The lowest BCUT2D eigenvalue weighted by atomic mass is 9.94. The predicted octanol–water partition coefficient (Wildman–Crippen LogP) is 7.46. The Balaban J connectivity index is 2.27. The molecule has 0 saturated carbocycles. The van der Waals surface area contributed by atoms with Gasteiger partial charge in [0.15, 0.2) is 19.8 Å². The summed E-state index contributed by atoms with van der Waals surface area (Å²) in [6.07, 6.45) is -1.10. The Morgan fingerprint density at radius 3 is 2.25 bits per heavy atom. The van der Waals surface area contributed by atoms with Gasteiger partial charge in [-0.05, 0) is 89.0 Å². The number of carbonyl (C=O) groups excluding carboxylic acids is 2. The SMILES string of the molecule is C[C@H](Cc1cccc(C=O)c1)N(C(=O)O)[C@@](C)(O[Si](C)(C)C(C)(C)C)c1ccc(OC(=O)OC(C)(C)C)c2[nH]c(=O)ccc12. The number of pyridine rings is 1. The van der Waals surface area contributed by atoms with Crippen molar-refractivity contribution < 1.29 is 33.4 Å². The summed E-state index contributed by atoms with van der Waals surface area (Å²) in [5.74, 6) is 0.0472. The molecule has 2 N–H and O–H groups in total. The zero-order valence-electron chi connectivity index (χ0n) is 27.2. The molecule has 0 saturated heterocycles. The van der Waals surface area contributed by atoms with Gasteiger partial charge in [-0.15, -0.1) is 0 Å². The number of nitrogens with zero attached hydrogens (tertiary/aromatic N) is 1. The third kappa shape index (κ3) is 7.75. The van der Waals surface area contributed by atoms with Gasteiger partial charge >= 0.3 is 12.2 Å². The minimum absolute atomic E-state index is 0.0472. The number of nitrogens with one attached hydrogen (secondary N) is 1. The van der Waals surface area contributed by atoms with Crippen LogP contribution < -0.4 is 10.3 Å². The van der Waals surface area contributed by atoms with Gasteiger partial charge in [0, 0.05) is 28.6 Å². The number of aromatic amines is 1. The lowest BCUT2D eigenvalue weighted by Gasteiger charge is -2.50. The third-order valence-electron chi connectivity index (χ3n) is 7.92. The van der Waals surface area contributed by atoms with Crippen LogP contribution in [0.2, 0.25) is 18.1 Å². The van der Waals surface area contributed by atoms with E-state index in [1.165, 1.54) is 17.0 Å². The molecule has 2 aromatic carbocycles. The maximum atomic E-state index is 13.2. The number of rotatable bonds is 9. The first-order valence-corrected chi connectivity index (χ1v) is 17.4. The average Bonchev–Trinajstić information content (AvgIpc) is 2.86. The van der Waals surface area contributed by atoms with Crippen LogP contribution in [0.4, 0.5) is 9.59 Å². The topological polar surface area (TPSA) is 135 Å². The molecule has 3 aromatic rings. The van der Waals surface area contributed by atoms with E-state index < -0.39 is 43.5 Å². The van der Waals surface area contributed by atoms with Crippen LogP contribution in [-0.2, 0) is 21.3 Å². The predicted molar refractivity (Wildman–Crippen MR) is 172 cm³/mol. The van der Waals surface area contributed by atoms with Crippen molar-refractivity contribution in [1.29, 1.82) is 0 Å². The van der Waals surface area contributed by atoms with Crippen molar-refractivity contribution in [3.63, 3.8) is 0 Å². The van der Waals surface area contributed by atoms with Crippen LogP contribution >= 0.6 is 0 Å². The second-order valence-corrected chi connectivity index (χ2v) is 18.4. The zero-order chi connectivity index (χ0) is 33.3. The van der Waals surface area contributed by atoms with E-state index in [0.717, 1.165) is 11.8 Å². The summed E-state index contributed by atoms with van der Waals surface area (Å²) in [5, 5.41) is 10.9. The Kier molecular flexibility index (Phi) is 9.86. The molecule has 0 radical (unpaired) electrons. The third-order valence-corrected chi connectivity index (χ3v) is 12.4. The first kappa shape index (κ1) is 34.5. The highest BCUT2D eigenvalue weighted by Gasteiger charge is 2.50. The van der Waals surface area contributed by atoms with E-state index in [1.54, 1.807) is 65.0 Å². The van der Waals surface area contributed by atoms with E-state index in [1.807, 2.05) is 19.2 Å². The number of fused-ring (bicyclic) bond motifs is 1. The lowest BCUT2D eigenvalue weighted by Crippen LogP contribution is -2.59. The molecule has 1 heterocycles. The highest BCUT2D eigenvalue weighted by Crippen LogP contribution is 2.46. The first-order valence-electron chi connectivity index (χ1n) is 14.5. The van der Waals surface area contributed by atoms with Crippen molar-refractivity contribution in [2.45, 2.75) is 97.3 Å². The largest absolute Gasteiger partial charge is 0.514 e. The number of hydrogen-bond donors (Lipinski definition) is 2. The molecule has 44 heavy (non-hydrogen) atoms. The van der Waals surface area contributed by atoms with Gasteiger partial charge in [0.05, 0.1) is 5.52 Å². The van der Waals surface area contributed by atoms with Crippen molar-refractivity contribution in [2.24, 2.45) is 0 Å². The quantitative estimate of drug-likeness (QED) is 0.0823. The monoisotopic (exact) mass is 624 g/mol. The van der Waals surface area contributed by atoms with Crippen LogP contribution in [0.1, 0.15) is 76.9 Å². The van der Waals surface area contributed by atoms with Crippen LogP contribution in [0.25, 0.3) is 10.9 Å². The van der Waals surface area contributed by atoms with E-state index in [9.17, 15) is 24.3 Å². The van der Waals surface area contributed by atoms with Gasteiger partial charge in [0.1, 0.15) is 11.9 Å². The summed E-state index contributed by atoms with van der Waals surface area (Å²) in [7, 11) is -2.68. The van der Waals surface area contributed by atoms with Gasteiger partial charge in [0.2, 0.25) is 5.56 Å². The second-order valence-electron chi connectivity index (χ2n) is 13.7. The molecule has 0 fully saturated rings. The van der Waals surface area contributed by atoms with Crippen molar-refractivity contribution in [3.05, 3.63) is 75.6 Å². The Hall–Kier alpha value is -3.96. The molecule has 238 valence electrons. The molecule has 11 heteroatoms. The Morgan fingerprint density at radius 1 is 1.02 bits per heavy atom. The van der Waals surface area contributed by atoms with Gasteiger partial charge in [-0.1, -0.05) is 39.0 Å². The summed E-state index contributed by atoms with van der Waals surface area (Å²) in [4.78, 5) is 53.7. The maximum Gasteiger partial charge on any atom is 0.514 e. The molecule has 1 aromatic heterocycles. The van der Waals surface area contributed by atoms with E-state index in [2.05, 4.69) is 25.8 Å². The molecule has 3 rings (SSSR count). The van der Waals surface area contributed by atoms with Crippen LogP contribution in [0.15, 0.2) is 53.3 Å². The minimum atomic E-state index is -2.68. The van der Waals surface area contributed by atoms with E-state index in [0.29, 0.717) is 22.9 Å². The van der Waals surface area contributed by atoms with Gasteiger partial charge in [-0.3, -0.25) is 14.5 Å². The average molecular weight is 625 g/mol. The summed E-state index contributed by atoms with van der Waals surface area (Å²) in [6, 6.07) is 12.5. The van der Waals surface area contributed by atoms with Gasteiger partial charge in [0.25, 0.3) is 0 Å². The van der Waals surface area contributed by atoms with Crippen molar-refractivity contribution in [3.8, 4) is 5.75 Å². The second kappa shape index (κ2) is 12.6. The van der Waals surface area contributed by atoms with E-state index in [4.69, 9.17) is 13.9 Å². The fourth-order valence-corrected chi connectivity index (χ4v) is 6.49. The standard InChI is InChI=1S/C33H44N2O8Si/c1-21(18-22-12-11-13-23(19-22)20-36)35(29(38)39)33(8,43-44(9,10)32(5,6)7)25-15-16-26(41-30(40)42-31(2,3)4)28-24(25)14-17-27(37)34-28/h11-17,19-21H,18H2,1-10H3,(H,34,37)(H,38,39)/t21-,33+/m1/s1. The molecule has 0 bridgehead atoms. The Bertz CT molecular complexity index is 1600. The number of carbonyl (C=O) groups is 3. The van der Waals surface area contributed by atoms with Gasteiger partial charge < -0.3 is 24.0 Å². The number of hydrogen-bond acceptors (Lipinski definition) is 7. The number of aromatic nitrogens is 1. The van der Waals surface area contributed by atoms with Crippen LogP contribution in [-0.4, -0.2) is 53.5 Å². The highest BCUT2D eigenvalue weighted by molar-refractivity contribution is 6.74. The number of benzene rings is 2. The summed E-state index contributed by atoms with van der Waals surface area (Å²) >= 11 is 0. The number of carboxylic acid groups (broad SMARTS) is 1. The summed E-state index contributed by atoms with van der Waals surface area (Å²) < 4.78 is 17.9. The fraction of sp³-hybridized carbons (Fsp3) is 0.455. The molecular weight excluding hydrogens is 580 g/mol. The van der Waals surface area contributed by atoms with E-state index in [-0.39, 0.29) is 16.3 Å². The van der Waals surface area contributed by atoms with Gasteiger partial charge in [-0.2, -0.15) is 0 Å². The molecule has 0 aliphatic heterocycles. The Morgan fingerprint density at radius 2 is 1.68 bits per heavy atom. The number of amides is 1. The van der Waals surface area contributed by atoms with Crippen molar-refractivity contribution >= 4 is 37.8 Å². The summed E-state index contributed by atoms with van der Waals surface area (Å²) in [5.41, 5.74) is -0.861. The molecular formula is C33H44N2O8Si. The highest BCUT2D eigenvalue weighted by atomic mass is 28.4. The Labute approximate surface area is 259 Å². The van der Waals surface area contributed by atoms with E-state index >= 15 is 0 Å². The van der Waals surface area contributed by atoms with Gasteiger partial charge in [-0.25, -0.2) is 9.59 Å². The lowest BCUT2D eigenvalue weighted by molar-refractivity contribution is -0.0872. The zero-order valence-corrected chi connectivity index (χ0v) is 28.2. The fourth-order valence-electron chi connectivity index (χ4n) is 4.98. The molecule has 0 aliphatic rings. The number of ether oxygens (including phenoxy) is 2. The molecule has 0 aliphatic carbocycles. The minimum Gasteiger partial charge on any atom is -0.465 e. The smallest absolute Gasteiger partial charge is 0.465 e.